The molecule has 0 aliphatic heterocycles. The fourth-order valence-corrected chi connectivity index (χ4v) is 8.29. The van der Waals surface area contributed by atoms with Gasteiger partial charge in [-0.15, -0.1) is 0 Å². The van der Waals surface area contributed by atoms with Crippen molar-refractivity contribution in [3.05, 3.63) is 229 Å². The molecule has 1 aromatic heterocycles. The van der Waals surface area contributed by atoms with Crippen LogP contribution in [0.4, 0.5) is 17.1 Å². The molecular formula is C50H34N2O. The fraction of sp³-hybridized carbons (Fsp3) is 0.0200. The number of para-hydroxylation sites is 1. The second kappa shape index (κ2) is 12.7. The summed E-state index contributed by atoms with van der Waals surface area (Å²) in [5.41, 5.74) is 14.9. The van der Waals surface area contributed by atoms with Crippen LogP contribution in [0.3, 0.4) is 0 Å². The van der Waals surface area contributed by atoms with E-state index in [2.05, 4.69) is 175 Å². The first-order chi connectivity index (χ1) is 26.3. The molecule has 0 N–H and O–H groups in total. The number of anilines is 3. The summed E-state index contributed by atoms with van der Waals surface area (Å²) in [4.78, 5) is 7.37. The third-order valence-corrected chi connectivity index (χ3v) is 10.6. The van der Waals surface area contributed by atoms with Gasteiger partial charge in [0.1, 0.15) is 5.52 Å². The van der Waals surface area contributed by atoms with E-state index in [1.165, 1.54) is 33.4 Å². The molecule has 1 heterocycles. The number of aromatic nitrogens is 1. The maximum Gasteiger partial charge on any atom is 0.227 e. The third-order valence-electron chi connectivity index (χ3n) is 10.6. The van der Waals surface area contributed by atoms with Crippen LogP contribution in [-0.2, 0) is 5.41 Å². The lowest BCUT2D eigenvalue weighted by molar-refractivity contribution is 0.620. The Hall–Kier alpha value is -6.97. The van der Waals surface area contributed by atoms with Crippen LogP contribution >= 0.6 is 0 Å². The van der Waals surface area contributed by atoms with Crippen molar-refractivity contribution in [1.82, 2.24) is 4.98 Å². The van der Waals surface area contributed by atoms with Crippen molar-refractivity contribution in [2.75, 3.05) is 4.90 Å². The minimum Gasteiger partial charge on any atom is -0.436 e. The molecule has 0 saturated heterocycles. The van der Waals surface area contributed by atoms with Gasteiger partial charge in [0.05, 0.1) is 11.1 Å². The second-order valence-corrected chi connectivity index (χ2v) is 13.5. The summed E-state index contributed by atoms with van der Waals surface area (Å²) < 4.78 is 6.29. The van der Waals surface area contributed by atoms with Gasteiger partial charge in [-0.1, -0.05) is 158 Å². The van der Waals surface area contributed by atoms with E-state index in [1.54, 1.807) is 0 Å². The van der Waals surface area contributed by atoms with Gasteiger partial charge in [0.15, 0.2) is 5.58 Å². The molecule has 1 aliphatic carbocycles. The van der Waals surface area contributed by atoms with Crippen LogP contribution in [0.25, 0.3) is 44.8 Å². The molecule has 0 saturated carbocycles. The highest BCUT2D eigenvalue weighted by molar-refractivity contribution is 5.94. The highest BCUT2D eigenvalue weighted by Gasteiger charge is 2.46. The summed E-state index contributed by atoms with van der Waals surface area (Å²) >= 11 is 0. The number of nitrogens with zero attached hydrogens (tertiary/aromatic N) is 2. The SMILES string of the molecule is c1ccc(-c2nc3cc(N(c4ccc5c(c4)C(c4ccccc4)(c4ccccc4)c4ccccc4-5)c4ccccc4-c4ccccc4)ccc3o2)cc1. The maximum absolute atomic E-state index is 6.29. The molecule has 0 bridgehead atoms. The largest absolute Gasteiger partial charge is 0.436 e. The zero-order chi connectivity index (χ0) is 35.2. The lowest BCUT2D eigenvalue weighted by Crippen LogP contribution is -2.28. The molecule has 3 nitrogen and oxygen atoms in total. The molecule has 250 valence electrons. The van der Waals surface area contributed by atoms with E-state index in [9.17, 15) is 0 Å². The third kappa shape index (κ3) is 5.01. The lowest BCUT2D eigenvalue weighted by Gasteiger charge is -2.35. The van der Waals surface area contributed by atoms with Crippen molar-refractivity contribution in [3.8, 4) is 33.7 Å². The van der Waals surface area contributed by atoms with Gasteiger partial charge in [0, 0.05) is 22.5 Å². The first kappa shape index (κ1) is 30.8. The van der Waals surface area contributed by atoms with Gasteiger partial charge in [0.25, 0.3) is 0 Å². The van der Waals surface area contributed by atoms with Gasteiger partial charge in [0.2, 0.25) is 5.89 Å². The van der Waals surface area contributed by atoms with E-state index in [0.717, 1.165) is 44.9 Å². The Kier molecular flexibility index (Phi) is 7.36. The molecule has 0 amide bonds. The standard InChI is InChI=1S/C50H34N2O/c1-5-17-35(18-6-1)41-25-14-16-28-47(41)52(40-30-32-48-46(34-40)51-49(53-48)36-19-7-2-8-20-36)39-29-31-43-42-26-13-15-27-44(42)50(45(43)33-39,37-21-9-3-10-22-37)38-23-11-4-12-24-38/h1-34H. The molecule has 1 aliphatic rings. The Morgan fingerprint density at radius 2 is 0.943 bits per heavy atom. The number of rotatable bonds is 7. The number of benzene rings is 8. The summed E-state index contributed by atoms with van der Waals surface area (Å²) in [7, 11) is 0. The summed E-state index contributed by atoms with van der Waals surface area (Å²) in [5, 5.41) is 0. The Morgan fingerprint density at radius 3 is 1.64 bits per heavy atom. The molecule has 0 radical (unpaired) electrons. The highest BCUT2D eigenvalue weighted by atomic mass is 16.3. The topological polar surface area (TPSA) is 29.3 Å². The van der Waals surface area contributed by atoms with E-state index in [0.29, 0.717) is 5.89 Å². The Labute approximate surface area is 309 Å². The van der Waals surface area contributed by atoms with Gasteiger partial charge < -0.3 is 9.32 Å². The highest BCUT2D eigenvalue weighted by Crippen LogP contribution is 2.57. The summed E-state index contributed by atoms with van der Waals surface area (Å²) in [6, 6.07) is 73.6. The van der Waals surface area contributed by atoms with Crippen molar-refractivity contribution in [2.45, 2.75) is 5.41 Å². The van der Waals surface area contributed by atoms with Crippen LogP contribution in [0.1, 0.15) is 22.3 Å². The van der Waals surface area contributed by atoms with Crippen molar-refractivity contribution in [3.63, 3.8) is 0 Å². The summed E-state index contributed by atoms with van der Waals surface area (Å²) in [6.45, 7) is 0. The first-order valence-electron chi connectivity index (χ1n) is 18.0. The van der Waals surface area contributed by atoms with Crippen molar-refractivity contribution in [1.29, 1.82) is 0 Å². The summed E-state index contributed by atoms with van der Waals surface area (Å²) in [6.07, 6.45) is 0. The monoisotopic (exact) mass is 678 g/mol. The van der Waals surface area contributed by atoms with E-state index in [4.69, 9.17) is 9.40 Å². The van der Waals surface area contributed by atoms with Crippen LogP contribution in [0.2, 0.25) is 0 Å². The predicted molar refractivity (Wildman–Crippen MR) is 217 cm³/mol. The average molecular weight is 679 g/mol. The van der Waals surface area contributed by atoms with Crippen molar-refractivity contribution >= 4 is 28.2 Å². The number of fused-ring (bicyclic) bond motifs is 4. The molecule has 53 heavy (non-hydrogen) atoms. The van der Waals surface area contributed by atoms with Crippen LogP contribution < -0.4 is 4.90 Å². The fourth-order valence-electron chi connectivity index (χ4n) is 8.29. The normalized spacial score (nSPS) is 12.7. The lowest BCUT2D eigenvalue weighted by atomic mass is 9.67. The van der Waals surface area contributed by atoms with E-state index < -0.39 is 5.41 Å². The minimum atomic E-state index is -0.518. The minimum absolute atomic E-state index is 0.518. The van der Waals surface area contributed by atoms with E-state index in [-0.39, 0.29) is 0 Å². The Morgan fingerprint density at radius 1 is 0.415 bits per heavy atom. The first-order valence-corrected chi connectivity index (χ1v) is 18.0. The quantitative estimate of drug-likeness (QED) is 0.168. The van der Waals surface area contributed by atoms with Gasteiger partial charge in [-0.3, -0.25) is 0 Å². The molecule has 0 fully saturated rings. The number of oxazole rings is 1. The predicted octanol–water partition coefficient (Wildman–Crippen LogP) is 13.0. The molecule has 3 heteroatoms. The van der Waals surface area contributed by atoms with E-state index in [1.807, 2.05) is 36.4 Å². The van der Waals surface area contributed by atoms with Gasteiger partial charge in [-0.05, 0) is 87.5 Å². The van der Waals surface area contributed by atoms with E-state index >= 15 is 0 Å². The zero-order valence-electron chi connectivity index (χ0n) is 28.9. The van der Waals surface area contributed by atoms with Crippen LogP contribution in [0.5, 0.6) is 0 Å². The van der Waals surface area contributed by atoms with Crippen LogP contribution in [0, 0.1) is 0 Å². The molecule has 9 aromatic rings. The number of hydrogen-bond donors (Lipinski definition) is 0. The zero-order valence-corrected chi connectivity index (χ0v) is 28.9. The van der Waals surface area contributed by atoms with Crippen LogP contribution in [0.15, 0.2) is 211 Å². The molecule has 0 spiro atoms. The van der Waals surface area contributed by atoms with Gasteiger partial charge >= 0.3 is 0 Å². The maximum atomic E-state index is 6.29. The van der Waals surface area contributed by atoms with Gasteiger partial charge in [-0.2, -0.15) is 0 Å². The van der Waals surface area contributed by atoms with Crippen molar-refractivity contribution in [2.24, 2.45) is 0 Å². The molecular weight excluding hydrogens is 645 g/mol. The second-order valence-electron chi connectivity index (χ2n) is 13.5. The average Bonchev–Trinajstić information content (AvgIpc) is 3.80. The van der Waals surface area contributed by atoms with Gasteiger partial charge in [-0.25, -0.2) is 4.98 Å². The number of hydrogen-bond acceptors (Lipinski definition) is 3. The van der Waals surface area contributed by atoms with Crippen LogP contribution in [-0.4, -0.2) is 4.98 Å². The molecule has 10 rings (SSSR count). The molecule has 0 atom stereocenters. The van der Waals surface area contributed by atoms with Crippen molar-refractivity contribution < 1.29 is 4.42 Å². The smallest absolute Gasteiger partial charge is 0.227 e. The Balaban J connectivity index is 1.24. The summed E-state index contributed by atoms with van der Waals surface area (Å²) in [5.74, 6) is 0.611. The molecule has 8 aromatic carbocycles. The molecule has 0 unspecified atom stereocenters. The Bertz CT molecular complexity index is 2680.